The molecule has 4 rings (SSSR count). The number of anilines is 2. The van der Waals surface area contributed by atoms with E-state index in [0.717, 1.165) is 18.8 Å². The Labute approximate surface area is 164 Å². The van der Waals surface area contributed by atoms with Gasteiger partial charge in [0.2, 0.25) is 5.95 Å². The van der Waals surface area contributed by atoms with Crippen molar-refractivity contribution >= 4 is 17.5 Å². The van der Waals surface area contributed by atoms with Gasteiger partial charge in [0.05, 0.1) is 18.4 Å². The van der Waals surface area contributed by atoms with Crippen LogP contribution in [0.5, 0.6) is 0 Å². The van der Waals surface area contributed by atoms with Crippen LogP contribution in [0.2, 0.25) is 0 Å². The molecular formula is C21H23N5O2. The third-order valence-corrected chi connectivity index (χ3v) is 4.83. The first-order chi connectivity index (χ1) is 13.7. The number of aromatic nitrogens is 2. The second-order valence-electron chi connectivity index (χ2n) is 6.85. The second kappa shape index (κ2) is 8.12. The van der Waals surface area contributed by atoms with Crippen molar-refractivity contribution in [2.45, 2.75) is 13.5 Å². The molecule has 0 radical (unpaired) electrons. The Hall–Kier alpha value is -3.35. The number of amides is 1. The highest BCUT2D eigenvalue weighted by atomic mass is 16.3. The lowest BCUT2D eigenvalue weighted by Crippen LogP contribution is -2.48. The summed E-state index contributed by atoms with van der Waals surface area (Å²) in [5.41, 5.74) is 2.96. The first kappa shape index (κ1) is 18.0. The van der Waals surface area contributed by atoms with E-state index in [0.29, 0.717) is 31.1 Å². The number of piperazine rings is 1. The number of benzene rings is 1. The molecule has 7 heteroatoms. The highest BCUT2D eigenvalue weighted by molar-refractivity contribution is 5.93. The van der Waals surface area contributed by atoms with Gasteiger partial charge in [-0.25, -0.2) is 9.97 Å². The molecule has 7 nitrogen and oxygen atoms in total. The van der Waals surface area contributed by atoms with Crippen molar-refractivity contribution in [2.75, 3.05) is 36.4 Å². The number of carbonyl (C=O) groups excluding carboxylic acids is 1. The van der Waals surface area contributed by atoms with E-state index in [9.17, 15) is 4.79 Å². The summed E-state index contributed by atoms with van der Waals surface area (Å²) in [6.45, 7) is 5.60. The van der Waals surface area contributed by atoms with E-state index in [1.807, 2.05) is 17.0 Å². The number of hydrogen-bond acceptors (Lipinski definition) is 6. The second-order valence-corrected chi connectivity index (χ2v) is 6.85. The molecule has 0 saturated carbocycles. The van der Waals surface area contributed by atoms with Gasteiger partial charge in [-0.05, 0) is 36.8 Å². The lowest BCUT2D eigenvalue weighted by molar-refractivity contribution is 0.0746. The Bertz CT molecular complexity index is 916. The highest BCUT2D eigenvalue weighted by Crippen LogP contribution is 2.18. The number of nitrogens with zero attached hydrogens (tertiary/aromatic N) is 4. The Balaban J connectivity index is 1.32. The monoisotopic (exact) mass is 377 g/mol. The zero-order chi connectivity index (χ0) is 19.3. The molecule has 1 N–H and O–H groups in total. The maximum atomic E-state index is 12.7. The molecule has 1 fully saturated rings. The van der Waals surface area contributed by atoms with Crippen molar-refractivity contribution in [3.63, 3.8) is 0 Å². The largest absolute Gasteiger partial charge is 0.467 e. The van der Waals surface area contributed by atoms with Gasteiger partial charge in [-0.3, -0.25) is 4.79 Å². The van der Waals surface area contributed by atoms with Crippen molar-refractivity contribution in [2.24, 2.45) is 0 Å². The minimum absolute atomic E-state index is 0.0264. The van der Waals surface area contributed by atoms with Crippen LogP contribution in [-0.2, 0) is 6.54 Å². The van der Waals surface area contributed by atoms with Crippen LogP contribution in [0.3, 0.4) is 0 Å². The first-order valence-corrected chi connectivity index (χ1v) is 9.38. The fourth-order valence-corrected chi connectivity index (χ4v) is 3.28. The Morgan fingerprint density at radius 2 is 1.89 bits per heavy atom. The molecule has 0 atom stereocenters. The topological polar surface area (TPSA) is 74.5 Å². The summed E-state index contributed by atoms with van der Waals surface area (Å²) < 4.78 is 5.26. The maximum Gasteiger partial charge on any atom is 0.257 e. The fourth-order valence-electron chi connectivity index (χ4n) is 3.28. The van der Waals surface area contributed by atoms with Crippen LogP contribution in [0.15, 0.2) is 59.5 Å². The minimum Gasteiger partial charge on any atom is -0.467 e. The lowest BCUT2D eigenvalue weighted by atomic mass is 10.2. The number of nitrogens with one attached hydrogen (secondary N) is 1. The predicted octanol–water partition coefficient (Wildman–Crippen LogP) is 2.95. The molecule has 1 aromatic carbocycles. The summed E-state index contributed by atoms with van der Waals surface area (Å²) in [6, 6.07) is 12.2. The number of aryl methyl sites for hydroxylation is 1. The average Bonchev–Trinajstić information content (AvgIpc) is 3.26. The standard InChI is InChI=1S/C21H23N5O2/c1-16-4-2-5-18(12-16)25-7-9-26(10-8-25)20(27)17-13-22-21(23-14-17)24-15-19-6-3-11-28-19/h2-6,11-14H,7-10,15H2,1H3,(H,22,23,24). The molecular weight excluding hydrogens is 354 g/mol. The van der Waals surface area contributed by atoms with E-state index in [-0.39, 0.29) is 5.91 Å². The quantitative estimate of drug-likeness (QED) is 0.737. The van der Waals surface area contributed by atoms with Crippen LogP contribution >= 0.6 is 0 Å². The Morgan fingerprint density at radius 1 is 1.11 bits per heavy atom. The number of furan rings is 1. The molecule has 1 aliphatic heterocycles. The van der Waals surface area contributed by atoms with E-state index in [4.69, 9.17) is 4.42 Å². The van der Waals surface area contributed by atoms with E-state index in [2.05, 4.69) is 51.4 Å². The summed E-state index contributed by atoms with van der Waals surface area (Å²) in [5.74, 6) is 1.24. The zero-order valence-corrected chi connectivity index (χ0v) is 15.8. The summed E-state index contributed by atoms with van der Waals surface area (Å²) >= 11 is 0. The van der Waals surface area contributed by atoms with Crippen molar-refractivity contribution < 1.29 is 9.21 Å². The highest BCUT2D eigenvalue weighted by Gasteiger charge is 2.22. The molecule has 1 amide bonds. The number of rotatable bonds is 5. The normalized spacial score (nSPS) is 14.2. The van der Waals surface area contributed by atoms with Gasteiger partial charge in [-0.15, -0.1) is 0 Å². The number of hydrogen-bond donors (Lipinski definition) is 1. The molecule has 1 saturated heterocycles. The molecule has 3 aromatic rings. The minimum atomic E-state index is -0.0264. The summed E-state index contributed by atoms with van der Waals surface area (Å²) in [6.07, 6.45) is 4.78. The summed E-state index contributed by atoms with van der Waals surface area (Å²) in [5, 5.41) is 3.07. The van der Waals surface area contributed by atoms with Crippen LogP contribution in [0.25, 0.3) is 0 Å². The lowest BCUT2D eigenvalue weighted by Gasteiger charge is -2.36. The molecule has 0 aliphatic carbocycles. The van der Waals surface area contributed by atoms with Crippen molar-refractivity contribution in [3.8, 4) is 0 Å². The molecule has 0 spiro atoms. The molecule has 1 aliphatic rings. The predicted molar refractivity (Wildman–Crippen MR) is 107 cm³/mol. The van der Waals surface area contributed by atoms with Crippen LogP contribution in [-0.4, -0.2) is 47.0 Å². The molecule has 144 valence electrons. The summed E-state index contributed by atoms with van der Waals surface area (Å²) in [4.78, 5) is 25.4. The summed E-state index contributed by atoms with van der Waals surface area (Å²) in [7, 11) is 0. The third kappa shape index (κ3) is 4.14. The van der Waals surface area contributed by atoms with Gasteiger partial charge in [0.25, 0.3) is 5.91 Å². The van der Waals surface area contributed by atoms with E-state index >= 15 is 0 Å². The van der Waals surface area contributed by atoms with Gasteiger partial charge in [0.1, 0.15) is 5.76 Å². The van der Waals surface area contributed by atoms with Crippen LogP contribution < -0.4 is 10.2 Å². The van der Waals surface area contributed by atoms with Crippen molar-refractivity contribution in [1.29, 1.82) is 0 Å². The molecule has 2 aromatic heterocycles. The van der Waals surface area contributed by atoms with E-state index in [1.54, 1.807) is 18.7 Å². The van der Waals surface area contributed by atoms with Gasteiger partial charge in [0, 0.05) is 44.3 Å². The Kier molecular flexibility index (Phi) is 5.23. The van der Waals surface area contributed by atoms with Gasteiger partial charge in [-0.1, -0.05) is 12.1 Å². The van der Waals surface area contributed by atoms with Gasteiger partial charge in [-0.2, -0.15) is 0 Å². The van der Waals surface area contributed by atoms with E-state index < -0.39 is 0 Å². The van der Waals surface area contributed by atoms with Gasteiger partial charge < -0.3 is 19.5 Å². The third-order valence-electron chi connectivity index (χ3n) is 4.83. The first-order valence-electron chi connectivity index (χ1n) is 9.38. The van der Waals surface area contributed by atoms with E-state index in [1.165, 1.54) is 11.3 Å². The zero-order valence-electron chi connectivity index (χ0n) is 15.8. The smallest absolute Gasteiger partial charge is 0.257 e. The molecule has 28 heavy (non-hydrogen) atoms. The SMILES string of the molecule is Cc1cccc(N2CCN(C(=O)c3cnc(NCc4ccco4)nc3)CC2)c1. The molecule has 0 unspecified atom stereocenters. The van der Waals surface area contributed by atoms with Crippen molar-refractivity contribution in [3.05, 3.63) is 71.9 Å². The van der Waals surface area contributed by atoms with Crippen molar-refractivity contribution in [1.82, 2.24) is 14.9 Å². The van der Waals surface area contributed by atoms with Gasteiger partial charge >= 0.3 is 0 Å². The van der Waals surface area contributed by atoms with Crippen LogP contribution in [0.1, 0.15) is 21.7 Å². The molecule has 0 bridgehead atoms. The Morgan fingerprint density at radius 3 is 2.57 bits per heavy atom. The number of carbonyl (C=O) groups is 1. The van der Waals surface area contributed by atoms with Crippen LogP contribution in [0.4, 0.5) is 11.6 Å². The molecule has 3 heterocycles. The van der Waals surface area contributed by atoms with Crippen LogP contribution in [0, 0.1) is 6.92 Å². The maximum absolute atomic E-state index is 12.7. The fraction of sp³-hybridized carbons (Fsp3) is 0.286. The van der Waals surface area contributed by atoms with Gasteiger partial charge in [0.15, 0.2) is 0 Å². The average molecular weight is 377 g/mol.